The largest absolute Gasteiger partial charge is 0.508 e. The number of alkyl carbamates (subject to hydrolysis) is 1. The van der Waals surface area contributed by atoms with Gasteiger partial charge >= 0.3 is 6.09 Å². The fraction of sp³-hybridized carbons (Fsp3) is 0.667. The Morgan fingerprint density at radius 3 is 2.03 bits per heavy atom. The van der Waals surface area contributed by atoms with Gasteiger partial charge in [-0.15, -0.1) is 0 Å². The molecule has 0 spiro atoms. The van der Waals surface area contributed by atoms with Crippen molar-refractivity contribution < 1.29 is 24.2 Å². The van der Waals surface area contributed by atoms with E-state index in [-0.39, 0.29) is 17.7 Å². The average Bonchev–Trinajstić information content (AvgIpc) is 2.73. The Labute approximate surface area is 210 Å². The summed E-state index contributed by atoms with van der Waals surface area (Å²) < 4.78 is 5.43. The summed E-state index contributed by atoms with van der Waals surface area (Å²) in [4.78, 5) is 42.0. The maximum atomic E-state index is 14.3. The van der Waals surface area contributed by atoms with Gasteiger partial charge in [-0.25, -0.2) is 4.79 Å². The maximum Gasteiger partial charge on any atom is 0.408 e. The Hall–Kier alpha value is -2.77. The molecule has 0 saturated heterocycles. The molecule has 8 heteroatoms. The Kier molecular flexibility index (Phi) is 10.6. The van der Waals surface area contributed by atoms with Crippen LogP contribution in [0.5, 0.6) is 5.75 Å². The summed E-state index contributed by atoms with van der Waals surface area (Å²) in [6.07, 6.45) is 0.458. The number of hydrogen-bond acceptors (Lipinski definition) is 5. The van der Waals surface area contributed by atoms with Crippen LogP contribution in [0.3, 0.4) is 0 Å². The summed E-state index contributed by atoms with van der Waals surface area (Å²) in [5.74, 6) is -1.13. The SMILES string of the molecule is CCC(C)C(NC(=O)OC(C)(C)C)C(=O)N(C(C(=O)NC(C)C)c1ccccc1O)C(C)(C)CC. The third-order valence-electron chi connectivity index (χ3n) is 6.07. The van der Waals surface area contributed by atoms with Gasteiger partial charge in [0.25, 0.3) is 0 Å². The molecule has 0 aliphatic heterocycles. The molecule has 35 heavy (non-hydrogen) atoms. The molecule has 0 fully saturated rings. The second kappa shape index (κ2) is 12.3. The van der Waals surface area contributed by atoms with Gasteiger partial charge in [0.2, 0.25) is 11.8 Å². The van der Waals surface area contributed by atoms with E-state index in [1.165, 1.54) is 11.0 Å². The molecule has 1 aromatic carbocycles. The molecule has 0 aliphatic carbocycles. The highest BCUT2D eigenvalue weighted by molar-refractivity contribution is 5.93. The van der Waals surface area contributed by atoms with Crippen molar-refractivity contribution in [2.75, 3.05) is 0 Å². The van der Waals surface area contributed by atoms with Crippen molar-refractivity contribution in [3.8, 4) is 5.75 Å². The van der Waals surface area contributed by atoms with Crippen LogP contribution in [0.25, 0.3) is 0 Å². The molecule has 0 bridgehead atoms. The van der Waals surface area contributed by atoms with Gasteiger partial charge in [-0.05, 0) is 66.9 Å². The van der Waals surface area contributed by atoms with Crippen molar-refractivity contribution in [3.05, 3.63) is 29.8 Å². The number of nitrogens with one attached hydrogen (secondary N) is 2. The molecule has 198 valence electrons. The number of nitrogens with zero attached hydrogens (tertiary/aromatic N) is 1. The number of carbonyl (C=O) groups excluding carboxylic acids is 3. The van der Waals surface area contributed by atoms with E-state index < -0.39 is 41.1 Å². The monoisotopic (exact) mass is 491 g/mol. The molecule has 1 aromatic rings. The lowest BCUT2D eigenvalue weighted by Crippen LogP contribution is -2.61. The molecule has 3 atom stereocenters. The maximum absolute atomic E-state index is 14.3. The number of ether oxygens (including phenoxy) is 1. The fourth-order valence-electron chi connectivity index (χ4n) is 3.69. The van der Waals surface area contributed by atoms with E-state index in [0.29, 0.717) is 18.4 Å². The molecular formula is C27H45N3O5. The van der Waals surface area contributed by atoms with Crippen LogP contribution in [-0.2, 0) is 14.3 Å². The van der Waals surface area contributed by atoms with Crippen molar-refractivity contribution in [3.63, 3.8) is 0 Å². The average molecular weight is 492 g/mol. The van der Waals surface area contributed by atoms with E-state index in [2.05, 4.69) is 10.6 Å². The van der Waals surface area contributed by atoms with Crippen LogP contribution in [0, 0.1) is 5.92 Å². The molecule has 0 saturated carbocycles. The summed E-state index contributed by atoms with van der Waals surface area (Å²) in [6.45, 7) is 18.4. The minimum atomic E-state index is -1.10. The van der Waals surface area contributed by atoms with E-state index in [1.54, 1.807) is 39.0 Å². The molecule has 0 aromatic heterocycles. The Morgan fingerprint density at radius 1 is 1.00 bits per heavy atom. The number of hydrogen-bond donors (Lipinski definition) is 3. The van der Waals surface area contributed by atoms with Crippen molar-refractivity contribution in [1.82, 2.24) is 15.5 Å². The Morgan fingerprint density at radius 2 is 1.57 bits per heavy atom. The highest BCUT2D eigenvalue weighted by atomic mass is 16.6. The number of phenolic OH excluding ortho intramolecular Hbond substituents is 1. The fourth-order valence-corrected chi connectivity index (χ4v) is 3.69. The highest BCUT2D eigenvalue weighted by Crippen LogP contribution is 2.36. The Bertz CT molecular complexity index is 876. The van der Waals surface area contributed by atoms with Crippen molar-refractivity contribution in [1.29, 1.82) is 0 Å². The highest BCUT2D eigenvalue weighted by Gasteiger charge is 2.45. The van der Waals surface area contributed by atoms with E-state index in [4.69, 9.17) is 4.74 Å². The zero-order valence-electron chi connectivity index (χ0n) is 23.1. The van der Waals surface area contributed by atoms with Crippen molar-refractivity contribution in [2.45, 2.75) is 111 Å². The standard InChI is InChI=1S/C27H45N3O5/c1-11-18(5)21(29-25(34)35-26(6,7)8)24(33)30(27(9,10)12-2)22(23(32)28-17(3)4)19-15-13-14-16-20(19)31/h13-18,21-22,31H,11-12H2,1-10H3,(H,28,32)(H,29,34). The molecule has 3 unspecified atom stereocenters. The predicted octanol–water partition coefficient (Wildman–Crippen LogP) is 4.91. The molecule has 3 N–H and O–H groups in total. The molecule has 8 nitrogen and oxygen atoms in total. The zero-order chi connectivity index (χ0) is 27.1. The van der Waals surface area contributed by atoms with Crippen LogP contribution in [0.1, 0.15) is 93.7 Å². The number of benzene rings is 1. The van der Waals surface area contributed by atoms with Crippen LogP contribution >= 0.6 is 0 Å². The first-order valence-corrected chi connectivity index (χ1v) is 12.5. The lowest BCUT2D eigenvalue weighted by molar-refractivity contribution is -0.150. The molecule has 0 heterocycles. The minimum Gasteiger partial charge on any atom is -0.508 e. The van der Waals surface area contributed by atoms with Crippen molar-refractivity contribution >= 4 is 17.9 Å². The molecule has 0 radical (unpaired) electrons. The van der Waals surface area contributed by atoms with E-state index in [9.17, 15) is 19.5 Å². The number of aromatic hydroxyl groups is 1. The summed E-state index contributed by atoms with van der Waals surface area (Å²) in [5, 5.41) is 16.3. The van der Waals surface area contributed by atoms with Crippen LogP contribution in [0.2, 0.25) is 0 Å². The first-order valence-electron chi connectivity index (χ1n) is 12.5. The topological polar surface area (TPSA) is 108 Å². The van der Waals surface area contributed by atoms with Gasteiger partial charge in [0, 0.05) is 17.1 Å². The summed E-state index contributed by atoms with van der Waals surface area (Å²) in [7, 11) is 0. The van der Waals surface area contributed by atoms with Gasteiger partial charge in [0.05, 0.1) is 0 Å². The van der Waals surface area contributed by atoms with E-state index in [0.717, 1.165) is 0 Å². The Balaban J connectivity index is 3.68. The summed E-state index contributed by atoms with van der Waals surface area (Å²) >= 11 is 0. The van der Waals surface area contributed by atoms with Gasteiger partial charge in [0.15, 0.2) is 0 Å². The van der Waals surface area contributed by atoms with Crippen LogP contribution in [0.15, 0.2) is 24.3 Å². The quantitative estimate of drug-likeness (QED) is 0.431. The predicted molar refractivity (Wildman–Crippen MR) is 138 cm³/mol. The van der Waals surface area contributed by atoms with E-state index in [1.807, 2.05) is 48.5 Å². The first-order chi connectivity index (χ1) is 16.1. The van der Waals surface area contributed by atoms with Crippen molar-refractivity contribution in [2.24, 2.45) is 5.92 Å². The van der Waals surface area contributed by atoms with Gasteiger partial charge in [-0.2, -0.15) is 0 Å². The molecule has 1 rings (SSSR count). The van der Waals surface area contributed by atoms with E-state index >= 15 is 0 Å². The van der Waals surface area contributed by atoms with Gasteiger partial charge in [0.1, 0.15) is 23.4 Å². The summed E-state index contributed by atoms with van der Waals surface area (Å²) in [5.41, 5.74) is -1.19. The first kappa shape index (κ1) is 30.3. The zero-order valence-corrected chi connectivity index (χ0v) is 23.1. The second-order valence-electron chi connectivity index (χ2n) is 11.0. The number of phenols is 1. The van der Waals surface area contributed by atoms with Crippen LogP contribution in [-0.4, -0.2) is 51.1 Å². The van der Waals surface area contributed by atoms with Gasteiger partial charge in [-0.3, -0.25) is 9.59 Å². The minimum absolute atomic E-state index is 0.0821. The molecular weight excluding hydrogens is 446 g/mol. The summed E-state index contributed by atoms with van der Waals surface area (Å²) in [6, 6.07) is 4.32. The smallest absolute Gasteiger partial charge is 0.408 e. The number of carbonyl (C=O) groups is 3. The second-order valence-corrected chi connectivity index (χ2v) is 11.0. The number of rotatable bonds is 10. The lowest BCUT2D eigenvalue weighted by atomic mass is 9.89. The van der Waals surface area contributed by atoms with Gasteiger partial charge < -0.3 is 25.4 Å². The lowest BCUT2D eigenvalue weighted by Gasteiger charge is -2.45. The third kappa shape index (κ3) is 8.44. The number of para-hydroxylation sites is 1. The molecule has 3 amide bonds. The normalized spacial score (nSPS) is 14.6. The van der Waals surface area contributed by atoms with Crippen LogP contribution < -0.4 is 10.6 Å². The van der Waals surface area contributed by atoms with Gasteiger partial charge in [-0.1, -0.05) is 45.4 Å². The number of amides is 3. The third-order valence-corrected chi connectivity index (χ3v) is 6.07. The molecule has 0 aliphatic rings. The van der Waals surface area contributed by atoms with Crippen LogP contribution in [0.4, 0.5) is 4.79 Å².